The number of rotatable bonds is 1. The van der Waals surface area contributed by atoms with Gasteiger partial charge in [-0.3, -0.25) is 0 Å². The average molecular weight is 405 g/mol. The normalized spacial score (nSPS) is 52.3. The molecule has 6 rings (SSSR count). The van der Waals surface area contributed by atoms with Crippen LogP contribution in [0, 0.1) is 40.4 Å². The Morgan fingerprint density at radius 3 is 2.21 bits per heavy atom. The summed E-state index contributed by atoms with van der Waals surface area (Å²) in [6.07, 6.45) is 9.91. The zero-order chi connectivity index (χ0) is 19.9. The van der Waals surface area contributed by atoms with E-state index < -0.39 is 5.79 Å². The molecule has 6 aliphatic rings. The van der Waals surface area contributed by atoms with Crippen molar-refractivity contribution >= 4 is 6.29 Å². The van der Waals surface area contributed by atoms with E-state index in [4.69, 9.17) is 18.9 Å². The highest BCUT2D eigenvalue weighted by Gasteiger charge is 2.69. The molecule has 2 saturated heterocycles. The van der Waals surface area contributed by atoms with E-state index in [1.807, 2.05) is 0 Å². The average Bonchev–Trinajstić information content (AvgIpc) is 3.44. The zero-order valence-electron chi connectivity index (χ0n) is 18.0. The van der Waals surface area contributed by atoms with E-state index in [1.165, 1.54) is 25.5 Å². The molecule has 5 nitrogen and oxygen atoms in total. The van der Waals surface area contributed by atoms with Crippen LogP contribution in [-0.2, 0) is 23.7 Å². The van der Waals surface area contributed by atoms with Gasteiger partial charge in [-0.15, -0.1) is 0 Å². The first kappa shape index (κ1) is 19.2. The van der Waals surface area contributed by atoms with Gasteiger partial charge >= 0.3 is 0 Å². The van der Waals surface area contributed by atoms with Crippen molar-refractivity contribution in [3.63, 3.8) is 0 Å². The summed E-state index contributed by atoms with van der Waals surface area (Å²) in [7, 11) is 0. The van der Waals surface area contributed by atoms with Crippen LogP contribution in [0.3, 0.4) is 0 Å². The summed E-state index contributed by atoms with van der Waals surface area (Å²) in [5.41, 5.74) is 0.304. The monoisotopic (exact) mass is 404 g/mol. The Hall–Kier alpha value is -0.490. The maximum atomic E-state index is 12.3. The molecule has 0 radical (unpaired) electrons. The number of carbonyl (C=O) groups is 1. The minimum atomic E-state index is -0.412. The van der Waals surface area contributed by atoms with Crippen LogP contribution in [-0.4, -0.2) is 44.3 Å². The van der Waals surface area contributed by atoms with Crippen molar-refractivity contribution in [1.29, 1.82) is 0 Å². The molecule has 0 aromatic heterocycles. The summed E-state index contributed by atoms with van der Waals surface area (Å²) in [5, 5.41) is 0. The Balaban J connectivity index is 1.33. The van der Waals surface area contributed by atoms with E-state index in [-0.39, 0.29) is 22.5 Å². The molecule has 6 fully saturated rings. The Labute approximate surface area is 174 Å². The highest BCUT2D eigenvalue weighted by atomic mass is 16.7. The maximum absolute atomic E-state index is 12.3. The molecule has 4 aliphatic carbocycles. The van der Waals surface area contributed by atoms with E-state index in [2.05, 4.69) is 13.8 Å². The van der Waals surface area contributed by atoms with Gasteiger partial charge in [0.2, 0.25) is 0 Å². The van der Waals surface area contributed by atoms with Crippen LogP contribution in [0.4, 0.5) is 0 Å². The third kappa shape index (κ3) is 2.39. The molecule has 0 aromatic rings. The Morgan fingerprint density at radius 1 is 0.793 bits per heavy atom. The molecule has 1 unspecified atom stereocenters. The first-order valence-corrected chi connectivity index (χ1v) is 12.0. The number of hydrogen-bond donors (Lipinski definition) is 0. The minimum absolute atomic E-state index is 0.0921. The lowest BCUT2D eigenvalue weighted by molar-refractivity contribution is -0.262. The van der Waals surface area contributed by atoms with E-state index in [0.717, 1.165) is 45.3 Å². The van der Waals surface area contributed by atoms with Gasteiger partial charge in [-0.1, -0.05) is 13.8 Å². The second-order valence-electron chi connectivity index (χ2n) is 11.3. The molecule has 4 saturated carbocycles. The summed E-state index contributed by atoms with van der Waals surface area (Å²) in [4.78, 5) is 12.3. The Kier molecular flexibility index (Phi) is 4.16. The van der Waals surface area contributed by atoms with Crippen LogP contribution in [0.15, 0.2) is 0 Å². The molecule has 2 heterocycles. The summed E-state index contributed by atoms with van der Waals surface area (Å²) < 4.78 is 24.7. The van der Waals surface area contributed by atoms with Gasteiger partial charge in [0.05, 0.1) is 26.4 Å². The molecule has 0 bridgehead atoms. The van der Waals surface area contributed by atoms with Crippen molar-refractivity contribution in [3.05, 3.63) is 0 Å². The van der Waals surface area contributed by atoms with Gasteiger partial charge in [0.1, 0.15) is 6.29 Å². The van der Waals surface area contributed by atoms with Crippen molar-refractivity contribution in [2.45, 2.75) is 76.8 Å². The van der Waals surface area contributed by atoms with Gasteiger partial charge < -0.3 is 23.7 Å². The van der Waals surface area contributed by atoms with E-state index in [9.17, 15) is 4.79 Å². The van der Waals surface area contributed by atoms with Crippen LogP contribution in [0.5, 0.6) is 0 Å². The summed E-state index contributed by atoms with van der Waals surface area (Å²) >= 11 is 0. The quantitative estimate of drug-likeness (QED) is 0.620. The molecule has 162 valence electrons. The highest BCUT2D eigenvalue weighted by molar-refractivity contribution is 5.55. The Morgan fingerprint density at radius 2 is 1.48 bits per heavy atom. The van der Waals surface area contributed by atoms with E-state index in [0.29, 0.717) is 36.9 Å². The molecule has 5 heteroatoms. The lowest BCUT2D eigenvalue weighted by Crippen LogP contribution is -2.60. The number of aldehydes is 1. The smallest absolute Gasteiger partial charge is 0.174 e. The van der Waals surface area contributed by atoms with Crippen molar-refractivity contribution < 1.29 is 23.7 Å². The fourth-order valence-electron chi connectivity index (χ4n) is 9.12. The lowest BCUT2D eigenvalue weighted by atomic mass is 9.42. The number of hydrogen-bond acceptors (Lipinski definition) is 5. The van der Waals surface area contributed by atoms with Gasteiger partial charge in [0.25, 0.3) is 0 Å². The third-order valence-corrected chi connectivity index (χ3v) is 10.6. The highest BCUT2D eigenvalue weighted by Crippen LogP contribution is 2.70. The number of ether oxygens (including phenoxy) is 4. The van der Waals surface area contributed by atoms with E-state index >= 15 is 0 Å². The van der Waals surface area contributed by atoms with Gasteiger partial charge in [-0.05, 0) is 61.2 Å². The van der Waals surface area contributed by atoms with Crippen LogP contribution in [0.1, 0.15) is 65.2 Å². The first-order valence-electron chi connectivity index (χ1n) is 12.0. The van der Waals surface area contributed by atoms with Gasteiger partial charge in [-0.25, -0.2) is 0 Å². The Bertz CT molecular complexity index is 681. The van der Waals surface area contributed by atoms with Crippen molar-refractivity contribution in [3.8, 4) is 0 Å². The minimum Gasteiger partial charge on any atom is -0.348 e. The van der Waals surface area contributed by atoms with Crippen LogP contribution in [0.25, 0.3) is 0 Å². The maximum Gasteiger partial charge on any atom is 0.174 e. The molecule has 0 amide bonds. The number of fused-ring (bicyclic) bond motifs is 6. The lowest BCUT2D eigenvalue weighted by Gasteiger charge is -2.63. The topological polar surface area (TPSA) is 54.0 Å². The summed E-state index contributed by atoms with van der Waals surface area (Å²) in [6.45, 7) is 7.77. The third-order valence-electron chi connectivity index (χ3n) is 10.6. The standard InChI is InChI=1S/C24H36O5/c1-21-7-8-23(26-9-10-27-23)14-20(21)16(15-25)13-17-18(21)3-5-22(2)19(17)4-6-24(22)28-11-12-29-24/h15-20H,3-14H2,1-2H3/t16-,17+,18-,19-,20?,21+,22-/m0/s1. The summed E-state index contributed by atoms with van der Waals surface area (Å²) in [6, 6.07) is 0. The predicted molar refractivity (Wildman–Crippen MR) is 106 cm³/mol. The van der Waals surface area contributed by atoms with Crippen molar-refractivity contribution in [2.75, 3.05) is 26.4 Å². The summed E-state index contributed by atoms with van der Waals surface area (Å²) in [5.74, 6) is 1.63. The first-order chi connectivity index (χ1) is 14.0. The second kappa shape index (κ2) is 6.27. The molecular formula is C24H36O5. The van der Waals surface area contributed by atoms with E-state index in [1.54, 1.807) is 0 Å². The van der Waals surface area contributed by atoms with Crippen molar-refractivity contribution in [1.82, 2.24) is 0 Å². The molecule has 2 spiro atoms. The number of carbonyl (C=O) groups excluding carboxylic acids is 1. The van der Waals surface area contributed by atoms with Gasteiger partial charge in [0.15, 0.2) is 11.6 Å². The van der Waals surface area contributed by atoms with Crippen molar-refractivity contribution in [2.24, 2.45) is 40.4 Å². The fourth-order valence-corrected chi connectivity index (χ4v) is 9.12. The largest absolute Gasteiger partial charge is 0.348 e. The zero-order valence-corrected chi connectivity index (χ0v) is 18.0. The molecule has 7 atom stereocenters. The van der Waals surface area contributed by atoms with Crippen LogP contribution < -0.4 is 0 Å². The predicted octanol–water partition coefficient (Wildman–Crippen LogP) is 3.94. The van der Waals surface area contributed by atoms with Gasteiger partial charge in [0, 0.05) is 30.6 Å². The molecule has 0 aromatic carbocycles. The van der Waals surface area contributed by atoms with Crippen LogP contribution in [0.2, 0.25) is 0 Å². The molecule has 0 N–H and O–H groups in total. The van der Waals surface area contributed by atoms with Crippen LogP contribution >= 0.6 is 0 Å². The fraction of sp³-hybridized carbons (Fsp3) is 0.958. The van der Waals surface area contributed by atoms with Gasteiger partial charge in [-0.2, -0.15) is 0 Å². The molecule has 2 aliphatic heterocycles. The second-order valence-corrected chi connectivity index (χ2v) is 11.3. The molecule has 29 heavy (non-hydrogen) atoms. The SMILES string of the molecule is C[C@]12CCC3(CC1[C@H](C=O)C[C@@H]1[C@@H]2CC[C@@]2(C)[C@H]1CCC21OCCO1)OCCO3. The molecular weight excluding hydrogens is 368 g/mol.